The summed E-state index contributed by atoms with van der Waals surface area (Å²) in [5, 5.41) is 11.8. The smallest absolute Gasteiger partial charge is 0.233 e. The van der Waals surface area contributed by atoms with Crippen molar-refractivity contribution in [3.05, 3.63) is 60.7 Å². The second kappa shape index (κ2) is 11.4. The van der Waals surface area contributed by atoms with Crippen molar-refractivity contribution in [2.24, 2.45) is 0 Å². The van der Waals surface area contributed by atoms with Crippen LogP contribution in [0, 0.1) is 0 Å². The van der Waals surface area contributed by atoms with Crippen LogP contribution in [0.2, 0.25) is 0 Å². The van der Waals surface area contributed by atoms with Crippen molar-refractivity contribution in [3.63, 3.8) is 0 Å². The lowest BCUT2D eigenvalue weighted by atomic mass is 10.0. The number of carbonyl (C=O) groups is 1. The second-order valence-corrected chi connectivity index (χ2v) is 7.93. The first-order valence-electron chi connectivity index (χ1n) is 10.1. The minimum atomic E-state index is -0.329. The highest BCUT2D eigenvalue weighted by atomic mass is 32.2. The Labute approximate surface area is 181 Å². The lowest BCUT2D eigenvalue weighted by molar-refractivity contribution is -0.120. The molecule has 1 amide bonds. The molecule has 0 saturated carbocycles. The molecule has 3 aromatic rings. The quantitative estimate of drug-likeness (QED) is 0.389. The highest BCUT2D eigenvalue weighted by molar-refractivity contribution is 8.00. The van der Waals surface area contributed by atoms with E-state index in [4.69, 9.17) is 9.72 Å². The normalized spacial score (nSPS) is 11.8. The van der Waals surface area contributed by atoms with E-state index in [2.05, 4.69) is 15.5 Å². The number of amides is 1. The lowest BCUT2D eigenvalue weighted by Crippen LogP contribution is -2.32. The highest BCUT2D eigenvalue weighted by Gasteiger charge is 2.19. The fourth-order valence-corrected chi connectivity index (χ4v) is 3.57. The summed E-state index contributed by atoms with van der Waals surface area (Å²) in [5.74, 6) is -0.0477. The fourth-order valence-electron chi connectivity index (χ4n) is 2.83. The molecule has 1 N–H and O–H groups in total. The van der Waals surface area contributed by atoms with Crippen LogP contribution in [-0.4, -0.2) is 46.1 Å². The molecular formula is C23H26N4O2S. The standard InChI is InChI=1S/C23H26N4O2S/c1-3-29-16-10-15-24-22(28)17(2)30-23-25-20(18-11-6-4-7-12-18)21(26-27-23)19-13-8-5-9-14-19/h4-9,11-14,17H,3,10,15-16H2,1-2H3,(H,24,28). The van der Waals surface area contributed by atoms with Crippen LogP contribution in [-0.2, 0) is 9.53 Å². The van der Waals surface area contributed by atoms with Gasteiger partial charge < -0.3 is 10.1 Å². The van der Waals surface area contributed by atoms with E-state index in [1.807, 2.05) is 74.5 Å². The zero-order valence-corrected chi connectivity index (χ0v) is 18.1. The molecule has 7 heteroatoms. The summed E-state index contributed by atoms with van der Waals surface area (Å²) in [4.78, 5) is 17.1. The topological polar surface area (TPSA) is 77.0 Å². The third-order valence-electron chi connectivity index (χ3n) is 4.38. The zero-order chi connectivity index (χ0) is 21.2. The van der Waals surface area contributed by atoms with Crippen molar-refractivity contribution in [1.82, 2.24) is 20.5 Å². The van der Waals surface area contributed by atoms with Gasteiger partial charge in [-0.15, -0.1) is 10.2 Å². The molecule has 1 unspecified atom stereocenters. The monoisotopic (exact) mass is 422 g/mol. The number of thioether (sulfide) groups is 1. The Morgan fingerprint density at radius 1 is 1.00 bits per heavy atom. The lowest BCUT2D eigenvalue weighted by Gasteiger charge is -2.13. The number of rotatable bonds is 10. The van der Waals surface area contributed by atoms with Gasteiger partial charge in [-0.1, -0.05) is 72.4 Å². The SMILES string of the molecule is CCOCCCNC(=O)C(C)Sc1nnc(-c2ccccc2)c(-c2ccccc2)n1. The van der Waals surface area contributed by atoms with E-state index < -0.39 is 0 Å². The van der Waals surface area contributed by atoms with Crippen molar-refractivity contribution in [1.29, 1.82) is 0 Å². The molecule has 0 spiro atoms. The first-order chi connectivity index (χ1) is 14.7. The third-order valence-corrected chi connectivity index (χ3v) is 5.33. The molecule has 3 rings (SSSR count). The van der Waals surface area contributed by atoms with E-state index >= 15 is 0 Å². The van der Waals surface area contributed by atoms with Gasteiger partial charge in [0.1, 0.15) is 11.4 Å². The molecule has 2 aromatic carbocycles. The Bertz CT molecular complexity index is 938. The minimum Gasteiger partial charge on any atom is -0.382 e. The summed E-state index contributed by atoms with van der Waals surface area (Å²) in [7, 11) is 0. The Kier molecular flexibility index (Phi) is 8.35. The van der Waals surface area contributed by atoms with Crippen LogP contribution < -0.4 is 5.32 Å². The van der Waals surface area contributed by atoms with Crippen molar-refractivity contribution >= 4 is 17.7 Å². The molecule has 0 fully saturated rings. The number of nitrogens with zero attached hydrogens (tertiary/aromatic N) is 3. The van der Waals surface area contributed by atoms with Gasteiger partial charge in [0.25, 0.3) is 0 Å². The molecule has 0 bridgehead atoms. The molecule has 30 heavy (non-hydrogen) atoms. The maximum absolute atomic E-state index is 12.4. The molecule has 1 atom stereocenters. The van der Waals surface area contributed by atoms with Crippen LogP contribution in [0.5, 0.6) is 0 Å². The Hall–Kier alpha value is -2.77. The van der Waals surface area contributed by atoms with E-state index in [0.29, 0.717) is 24.9 Å². The first kappa shape index (κ1) is 21.9. The van der Waals surface area contributed by atoms with Gasteiger partial charge in [0.2, 0.25) is 11.1 Å². The van der Waals surface area contributed by atoms with Crippen molar-refractivity contribution in [3.8, 4) is 22.5 Å². The van der Waals surface area contributed by atoms with Crippen molar-refractivity contribution in [2.75, 3.05) is 19.8 Å². The summed E-state index contributed by atoms with van der Waals surface area (Å²) >= 11 is 1.30. The van der Waals surface area contributed by atoms with E-state index in [9.17, 15) is 4.79 Å². The molecule has 0 aliphatic rings. The van der Waals surface area contributed by atoms with Gasteiger partial charge in [0.15, 0.2) is 0 Å². The van der Waals surface area contributed by atoms with Crippen molar-refractivity contribution in [2.45, 2.75) is 30.7 Å². The summed E-state index contributed by atoms with van der Waals surface area (Å²) < 4.78 is 5.29. The molecule has 0 saturated heterocycles. The largest absolute Gasteiger partial charge is 0.382 e. The molecule has 1 aromatic heterocycles. The van der Waals surface area contributed by atoms with Crippen LogP contribution in [0.4, 0.5) is 0 Å². The third kappa shape index (κ3) is 6.11. The highest BCUT2D eigenvalue weighted by Crippen LogP contribution is 2.30. The number of hydrogen-bond donors (Lipinski definition) is 1. The van der Waals surface area contributed by atoms with Crippen LogP contribution >= 0.6 is 11.8 Å². The molecular weight excluding hydrogens is 396 g/mol. The Morgan fingerprint density at radius 2 is 1.63 bits per heavy atom. The van der Waals surface area contributed by atoms with E-state index in [-0.39, 0.29) is 11.2 Å². The predicted molar refractivity (Wildman–Crippen MR) is 120 cm³/mol. The number of aromatic nitrogens is 3. The minimum absolute atomic E-state index is 0.0477. The number of nitrogens with one attached hydrogen (secondary N) is 1. The first-order valence-corrected chi connectivity index (χ1v) is 10.9. The van der Waals surface area contributed by atoms with Gasteiger partial charge in [0.05, 0.1) is 5.25 Å². The van der Waals surface area contributed by atoms with Crippen LogP contribution in [0.15, 0.2) is 65.8 Å². The maximum Gasteiger partial charge on any atom is 0.233 e. The van der Waals surface area contributed by atoms with E-state index in [1.54, 1.807) is 0 Å². The Balaban J connectivity index is 1.75. The number of carbonyl (C=O) groups excluding carboxylic acids is 1. The van der Waals surface area contributed by atoms with Gasteiger partial charge >= 0.3 is 0 Å². The van der Waals surface area contributed by atoms with E-state index in [1.165, 1.54) is 11.8 Å². The average molecular weight is 423 g/mol. The number of ether oxygens (including phenoxy) is 1. The van der Waals surface area contributed by atoms with Gasteiger partial charge in [0, 0.05) is 30.9 Å². The number of hydrogen-bond acceptors (Lipinski definition) is 6. The number of benzene rings is 2. The predicted octanol–water partition coefficient (Wildman–Crippen LogP) is 4.23. The van der Waals surface area contributed by atoms with Crippen LogP contribution in [0.1, 0.15) is 20.3 Å². The summed E-state index contributed by atoms with van der Waals surface area (Å²) in [5.41, 5.74) is 3.39. The summed E-state index contributed by atoms with van der Waals surface area (Å²) in [6.45, 7) is 5.72. The van der Waals surface area contributed by atoms with Gasteiger partial charge in [-0.25, -0.2) is 4.98 Å². The fraction of sp³-hybridized carbons (Fsp3) is 0.304. The second-order valence-electron chi connectivity index (χ2n) is 6.63. The molecule has 0 aliphatic heterocycles. The van der Waals surface area contributed by atoms with Gasteiger partial charge in [-0.3, -0.25) is 4.79 Å². The van der Waals surface area contributed by atoms with Crippen molar-refractivity contribution < 1.29 is 9.53 Å². The molecule has 0 aliphatic carbocycles. The summed E-state index contributed by atoms with van der Waals surface area (Å²) in [6.07, 6.45) is 0.791. The summed E-state index contributed by atoms with van der Waals surface area (Å²) in [6, 6.07) is 19.8. The average Bonchev–Trinajstić information content (AvgIpc) is 2.80. The zero-order valence-electron chi connectivity index (χ0n) is 17.2. The Morgan fingerprint density at radius 3 is 2.27 bits per heavy atom. The molecule has 156 valence electrons. The van der Waals surface area contributed by atoms with Crippen LogP contribution in [0.3, 0.4) is 0 Å². The molecule has 1 heterocycles. The van der Waals surface area contributed by atoms with Gasteiger partial charge in [-0.05, 0) is 20.3 Å². The van der Waals surface area contributed by atoms with Gasteiger partial charge in [-0.2, -0.15) is 0 Å². The maximum atomic E-state index is 12.4. The van der Waals surface area contributed by atoms with E-state index in [0.717, 1.165) is 28.9 Å². The van der Waals surface area contributed by atoms with Crippen LogP contribution in [0.25, 0.3) is 22.5 Å². The molecule has 0 radical (unpaired) electrons. The molecule has 6 nitrogen and oxygen atoms in total.